The molecule has 106 valence electrons. The van der Waals surface area contributed by atoms with Crippen LogP contribution in [0.25, 0.3) is 0 Å². The molecule has 1 aromatic rings. The first-order chi connectivity index (χ1) is 8.70. The van der Waals surface area contributed by atoms with Gasteiger partial charge in [0.25, 0.3) is 0 Å². The van der Waals surface area contributed by atoms with Gasteiger partial charge in [-0.15, -0.1) is 0 Å². The molecule has 1 aliphatic rings. The highest BCUT2D eigenvalue weighted by atomic mass is 15.2. The van der Waals surface area contributed by atoms with Crippen molar-refractivity contribution in [1.29, 1.82) is 0 Å². The zero-order valence-corrected chi connectivity index (χ0v) is 13.0. The van der Waals surface area contributed by atoms with Gasteiger partial charge in [0.05, 0.1) is 0 Å². The Morgan fingerprint density at radius 3 is 2.11 bits per heavy atom. The molecule has 4 heteroatoms. The van der Waals surface area contributed by atoms with Crippen molar-refractivity contribution in [3.05, 3.63) is 11.4 Å². The molecule has 0 bridgehead atoms. The van der Waals surface area contributed by atoms with Crippen molar-refractivity contribution in [1.82, 2.24) is 9.97 Å². The largest absolute Gasteiger partial charge is 0.383 e. The Hall–Kier alpha value is -1.32. The predicted octanol–water partition coefficient (Wildman–Crippen LogP) is 2.76. The summed E-state index contributed by atoms with van der Waals surface area (Å²) in [6.07, 6.45) is 0. The number of rotatable bonds is 1. The standard InChI is InChI=1S/C15H26N4/c1-9-7-19(8-10(9)2)13-11(3)12(16)17-14(18-13)15(4,5)6/h9-10H,7-8H2,1-6H3,(H2,16,17,18). The third kappa shape index (κ3) is 2.67. The molecule has 0 aliphatic carbocycles. The second-order valence-electron chi connectivity index (χ2n) is 6.99. The van der Waals surface area contributed by atoms with Gasteiger partial charge in [0.1, 0.15) is 17.5 Å². The van der Waals surface area contributed by atoms with Crippen LogP contribution in [0.2, 0.25) is 0 Å². The van der Waals surface area contributed by atoms with Gasteiger partial charge in [-0.3, -0.25) is 0 Å². The number of nitrogens with zero attached hydrogens (tertiary/aromatic N) is 3. The van der Waals surface area contributed by atoms with Gasteiger partial charge in [0, 0.05) is 24.1 Å². The van der Waals surface area contributed by atoms with Gasteiger partial charge in [-0.25, -0.2) is 9.97 Å². The predicted molar refractivity (Wildman–Crippen MR) is 80.4 cm³/mol. The maximum atomic E-state index is 6.08. The number of hydrogen-bond donors (Lipinski definition) is 1. The lowest BCUT2D eigenvalue weighted by Crippen LogP contribution is -2.26. The highest BCUT2D eigenvalue weighted by Gasteiger charge is 2.30. The van der Waals surface area contributed by atoms with E-state index in [1.165, 1.54) is 0 Å². The second kappa shape index (κ2) is 4.66. The van der Waals surface area contributed by atoms with Crippen molar-refractivity contribution in [2.75, 3.05) is 23.7 Å². The quantitative estimate of drug-likeness (QED) is 0.845. The van der Waals surface area contributed by atoms with E-state index < -0.39 is 0 Å². The van der Waals surface area contributed by atoms with Crippen LogP contribution in [-0.2, 0) is 5.41 Å². The number of hydrogen-bond acceptors (Lipinski definition) is 4. The highest BCUT2D eigenvalue weighted by molar-refractivity contribution is 5.57. The molecular formula is C15H26N4. The van der Waals surface area contributed by atoms with Crippen LogP contribution < -0.4 is 10.6 Å². The van der Waals surface area contributed by atoms with Crippen LogP contribution in [-0.4, -0.2) is 23.1 Å². The van der Waals surface area contributed by atoms with Crippen molar-refractivity contribution in [2.45, 2.75) is 47.0 Å². The summed E-state index contributed by atoms with van der Waals surface area (Å²) in [5.41, 5.74) is 7.01. The fourth-order valence-corrected chi connectivity index (χ4v) is 2.47. The van der Waals surface area contributed by atoms with Crippen LogP contribution in [0.15, 0.2) is 0 Å². The first kappa shape index (κ1) is 14.1. The van der Waals surface area contributed by atoms with Crippen molar-refractivity contribution in [3.8, 4) is 0 Å². The summed E-state index contributed by atoms with van der Waals surface area (Å²) in [4.78, 5) is 11.6. The molecule has 0 radical (unpaired) electrons. The van der Waals surface area contributed by atoms with Crippen molar-refractivity contribution in [2.24, 2.45) is 11.8 Å². The smallest absolute Gasteiger partial charge is 0.138 e. The fraction of sp³-hybridized carbons (Fsp3) is 0.733. The molecule has 19 heavy (non-hydrogen) atoms. The molecule has 0 aromatic carbocycles. The SMILES string of the molecule is Cc1c(N)nc(C(C)(C)C)nc1N1CC(C)C(C)C1. The van der Waals surface area contributed by atoms with E-state index in [0.29, 0.717) is 17.7 Å². The fourth-order valence-electron chi connectivity index (χ4n) is 2.47. The summed E-state index contributed by atoms with van der Waals surface area (Å²) >= 11 is 0. The summed E-state index contributed by atoms with van der Waals surface area (Å²) in [6.45, 7) is 15.1. The average molecular weight is 262 g/mol. The average Bonchev–Trinajstić information content (AvgIpc) is 2.61. The summed E-state index contributed by atoms with van der Waals surface area (Å²) in [5, 5.41) is 0. The molecule has 1 saturated heterocycles. The number of anilines is 2. The van der Waals surface area contributed by atoms with E-state index >= 15 is 0 Å². The van der Waals surface area contributed by atoms with Crippen LogP contribution in [0.3, 0.4) is 0 Å². The zero-order valence-electron chi connectivity index (χ0n) is 13.0. The van der Waals surface area contributed by atoms with E-state index in [4.69, 9.17) is 10.7 Å². The van der Waals surface area contributed by atoms with Gasteiger partial charge in [-0.2, -0.15) is 0 Å². The van der Waals surface area contributed by atoms with Crippen LogP contribution in [0.4, 0.5) is 11.6 Å². The van der Waals surface area contributed by atoms with Crippen LogP contribution in [0, 0.1) is 18.8 Å². The van der Waals surface area contributed by atoms with Gasteiger partial charge in [-0.1, -0.05) is 34.6 Å². The van der Waals surface area contributed by atoms with Crippen LogP contribution >= 0.6 is 0 Å². The van der Waals surface area contributed by atoms with E-state index in [1.807, 2.05) is 6.92 Å². The summed E-state index contributed by atoms with van der Waals surface area (Å²) < 4.78 is 0. The first-order valence-corrected chi connectivity index (χ1v) is 7.09. The van der Waals surface area contributed by atoms with E-state index in [2.05, 4.69) is 44.5 Å². The molecule has 0 saturated carbocycles. The third-order valence-corrected chi connectivity index (χ3v) is 4.12. The molecular weight excluding hydrogens is 236 g/mol. The Labute approximate surface area is 116 Å². The molecule has 0 spiro atoms. The topological polar surface area (TPSA) is 55.0 Å². The summed E-state index contributed by atoms with van der Waals surface area (Å²) in [7, 11) is 0. The monoisotopic (exact) mass is 262 g/mol. The van der Waals surface area contributed by atoms with Crippen LogP contribution in [0.5, 0.6) is 0 Å². The molecule has 2 unspecified atom stereocenters. The molecule has 2 rings (SSSR count). The van der Waals surface area contributed by atoms with Crippen molar-refractivity contribution < 1.29 is 0 Å². The zero-order chi connectivity index (χ0) is 14.4. The maximum absolute atomic E-state index is 6.08. The van der Waals surface area contributed by atoms with E-state index in [0.717, 1.165) is 30.3 Å². The number of nitrogens with two attached hydrogens (primary N) is 1. The third-order valence-electron chi connectivity index (χ3n) is 4.12. The minimum Gasteiger partial charge on any atom is -0.383 e. The van der Waals surface area contributed by atoms with Crippen molar-refractivity contribution >= 4 is 11.6 Å². The minimum absolute atomic E-state index is 0.0759. The van der Waals surface area contributed by atoms with E-state index in [9.17, 15) is 0 Å². The normalized spacial score (nSPS) is 24.0. The molecule has 2 N–H and O–H groups in total. The second-order valence-corrected chi connectivity index (χ2v) is 6.99. The van der Waals surface area contributed by atoms with Crippen LogP contribution in [0.1, 0.15) is 46.0 Å². The van der Waals surface area contributed by atoms with Crippen molar-refractivity contribution in [3.63, 3.8) is 0 Å². The lowest BCUT2D eigenvalue weighted by atomic mass is 9.95. The lowest BCUT2D eigenvalue weighted by molar-refractivity contribution is 0.494. The maximum Gasteiger partial charge on any atom is 0.138 e. The minimum atomic E-state index is -0.0759. The van der Waals surface area contributed by atoms with Gasteiger partial charge < -0.3 is 10.6 Å². The molecule has 1 aliphatic heterocycles. The Morgan fingerprint density at radius 1 is 1.11 bits per heavy atom. The Morgan fingerprint density at radius 2 is 1.63 bits per heavy atom. The van der Waals surface area contributed by atoms with E-state index in [1.54, 1.807) is 0 Å². The Bertz CT molecular complexity index is 466. The molecule has 1 fully saturated rings. The molecule has 1 aromatic heterocycles. The molecule has 4 nitrogen and oxygen atoms in total. The number of nitrogen functional groups attached to an aromatic ring is 1. The molecule has 2 heterocycles. The van der Waals surface area contributed by atoms with Gasteiger partial charge in [0.15, 0.2) is 0 Å². The molecule has 2 atom stereocenters. The molecule has 0 amide bonds. The number of aromatic nitrogens is 2. The Kier molecular flexibility index (Phi) is 3.45. The van der Waals surface area contributed by atoms with E-state index in [-0.39, 0.29) is 5.41 Å². The summed E-state index contributed by atoms with van der Waals surface area (Å²) in [5.74, 6) is 3.87. The highest BCUT2D eigenvalue weighted by Crippen LogP contribution is 2.32. The first-order valence-electron chi connectivity index (χ1n) is 7.09. The van der Waals surface area contributed by atoms with Gasteiger partial charge >= 0.3 is 0 Å². The Balaban J connectivity index is 2.43. The van der Waals surface area contributed by atoms with Gasteiger partial charge in [0.2, 0.25) is 0 Å². The summed E-state index contributed by atoms with van der Waals surface area (Å²) in [6, 6.07) is 0. The van der Waals surface area contributed by atoms with Gasteiger partial charge in [-0.05, 0) is 18.8 Å². The lowest BCUT2D eigenvalue weighted by Gasteiger charge is -2.24.